The van der Waals surface area contributed by atoms with Gasteiger partial charge in [0.15, 0.2) is 0 Å². The van der Waals surface area contributed by atoms with Gasteiger partial charge in [0, 0.05) is 16.6 Å². The van der Waals surface area contributed by atoms with Crippen LogP contribution in [0.4, 0.5) is 0 Å². The summed E-state index contributed by atoms with van der Waals surface area (Å²) in [7, 11) is -0.662. The molecule has 1 nitrogen and oxygen atoms in total. The fourth-order valence-electron chi connectivity index (χ4n) is 1.66. The third-order valence-electron chi connectivity index (χ3n) is 2.53. The van der Waals surface area contributed by atoms with Crippen molar-refractivity contribution in [3.05, 3.63) is 0 Å². The molecule has 14 heavy (non-hydrogen) atoms. The van der Waals surface area contributed by atoms with Crippen molar-refractivity contribution in [2.45, 2.75) is 57.5 Å². The normalized spacial score (nSPS) is 17.7. The maximum absolute atomic E-state index is 12.1. The second kappa shape index (κ2) is 7.75. The average Bonchev–Trinajstić information content (AvgIpc) is 2.23. The van der Waals surface area contributed by atoms with Crippen molar-refractivity contribution in [1.29, 1.82) is 0 Å². The van der Waals surface area contributed by atoms with Crippen LogP contribution in [0.3, 0.4) is 0 Å². The summed E-state index contributed by atoms with van der Waals surface area (Å²) in [5.74, 6) is 1.87. The number of unbranched alkanes of at least 4 members (excludes halogenated alkanes) is 1. The molecule has 3 heteroatoms. The van der Waals surface area contributed by atoms with E-state index in [1.165, 1.54) is 12.8 Å². The van der Waals surface area contributed by atoms with Gasteiger partial charge in [-0.15, -0.1) is 11.8 Å². The molecule has 0 N–H and O–H groups in total. The molecule has 0 radical (unpaired) electrons. The van der Waals surface area contributed by atoms with Gasteiger partial charge in [-0.25, -0.2) is 0 Å². The summed E-state index contributed by atoms with van der Waals surface area (Å²) in [5.41, 5.74) is 0. The number of hydrogen-bond acceptors (Lipinski definition) is 2. The van der Waals surface area contributed by atoms with E-state index in [-0.39, 0.29) is 4.08 Å². The van der Waals surface area contributed by atoms with Crippen molar-refractivity contribution in [3.63, 3.8) is 0 Å². The Morgan fingerprint density at radius 2 is 1.86 bits per heavy atom. The fraction of sp³-hybridized carbons (Fsp3) is 1.00. The van der Waals surface area contributed by atoms with Gasteiger partial charge in [-0.1, -0.05) is 40.5 Å². The average molecular weight is 236 g/mol. The zero-order chi connectivity index (χ0) is 11.0. The third-order valence-corrected chi connectivity index (χ3v) is 6.60. The topological polar surface area (TPSA) is 17.1 Å². The van der Waals surface area contributed by atoms with Gasteiger partial charge in [-0.3, -0.25) is 4.21 Å². The molecule has 0 rings (SSSR count). The molecule has 0 fully saturated rings. The fourth-order valence-corrected chi connectivity index (χ4v) is 5.14. The molecule has 2 unspecified atom stereocenters. The van der Waals surface area contributed by atoms with Crippen LogP contribution in [0.1, 0.15) is 53.4 Å². The highest BCUT2D eigenvalue weighted by Gasteiger charge is 2.33. The first-order chi connectivity index (χ1) is 6.66. The highest BCUT2D eigenvalue weighted by Crippen LogP contribution is 2.37. The molecule has 0 aliphatic carbocycles. The van der Waals surface area contributed by atoms with E-state index in [1.807, 2.05) is 18.7 Å². The maximum Gasteiger partial charge on any atom is 0.0905 e. The monoisotopic (exact) mass is 236 g/mol. The number of thioether (sulfide) groups is 1. The van der Waals surface area contributed by atoms with Gasteiger partial charge in [-0.05, 0) is 18.6 Å². The van der Waals surface area contributed by atoms with E-state index in [0.29, 0.717) is 0 Å². The molecule has 0 aromatic heterocycles. The van der Waals surface area contributed by atoms with E-state index >= 15 is 0 Å². The van der Waals surface area contributed by atoms with Crippen LogP contribution in [0.5, 0.6) is 0 Å². The molecule has 0 aromatic rings. The van der Waals surface area contributed by atoms with Crippen LogP contribution < -0.4 is 0 Å². The molecule has 0 saturated heterocycles. The van der Waals surface area contributed by atoms with Crippen LogP contribution >= 0.6 is 11.8 Å². The first kappa shape index (κ1) is 14.5. The lowest BCUT2D eigenvalue weighted by Gasteiger charge is -2.30. The molecule has 0 saturated carbocycles. The summed E-state index contributed by atoms with van der Waals surface area (Å²) >= 11 is 1.90. The van der Waals surface area contributed by atoms with Crippen molar-refractivity contribution in [2.24, 2.45) is 0 Å². The van der Waals surface area contributed by atoms with Gasteiger partial charge in [0.2, 0.25) is 0 Å². The van der Waals surface area contributed by atoms with E-state index in [4.69, 9.17) is 0 Å². The van der Waals surface area contributed by atoms with Crippen LogP contribution in [0, 0.1) is 0 Å². The third kappa shape index (κ3) is 3.93. The minimum Gasteiger partial charge on any atom is -0.258 e. The lowest BCUT2D eigenvalue weighted by Crippen LogP contribution is -2.31. The minimum absolute atomic E-state index is 0.0412. The van der Waals surface area contributed by atoms with Crippen molar-refractivity contribution in [1.82, 2.24) is 0 Å². The van der Waals surface area contributed by atoms with E-state index in [1.54, 1.807) is 0 Å². The van der Waals surface area contributed by atoms with Gasteiger partial charge in [0.25, 0.3) is 0 Å². The van der Waals surface area contributed by atoms with E-state index < -0.39 is 10.8 Å². The van der Waals surface area contributed by atoms with Gasteiger partial charge in [-0.2, -0.15) is 0 Å². The van der Waals surface area contributed by atoms with Crippen LogP contribution in [0.25, 0.3) is 0 Å². The van der Waals surface area contributed by atoms with Crippen molar-refractivity contribution >= 4 is 22.6 Å². The molecule has 0 aromatic carbocycles. The molecular weight excluding hydrogens is 212 g/mol. The van der Waals surface area contributed by atoms with Crippen LogP contribution in [-0.2, 0) is 10.8 Å². The van der Waals surface area contributed by atoms with Crippen LogP contribution in [0.2, 0.25) is 0 Å². The van der Waals surface area contributed by atoms with Gasteiger partial charge in [0.05, 0.1) is 4.08 Å². The van der Waals surface area contributed by atoms with Gasteiger partial charge in [0.1, 0.15) is 0 Å². The summed E-state index contributed by atoms with van der Waals surface area (Å²) in [6.07, 6.45) is 4.55. The Hall–Kier alpha value is 0.500. The van der Waals surface area contributed by atoms with Crippen molar-refractivity contribution < 1.29 is 4.21 Å². The molecule has 0 amide bonds. The summed E-state index contributed by atoms with van der Waals surface area (Å²) < 4.78 is 12.1. The summed E-state index contributed by atoms with van der Waals surface area (Å²) in [5, 5.41) is 0. The SMILES string of the molecule is CCCCC(CC)(SCC)S(=O)CC. The summed E-state index contributed by atoms with van der Waals surface area (Å²) in [6, 6.07) is 0. The van der Waals surface area contributed by atoms with Crippen molar-refractivity contribution in [2.75, 3.05) is 11.5 Å². The van der Waals surface area contributed by atoms with E-state index in [0.717, 1.165) is 24.3 Å². The highest BCUT2D eigenvalue weighted by molar-refractivity contribution is 8.12. The molecule has 0 heterocycles. The second-order valence-electron chi connectivity index (χ2n) is 3.44. The Kier molecular flexibility index (Phi) is 8.02. The predicted molar refractivity (Wildman–Crippen MR) is 69.4 cm³/mol. The number of rotatable bonds is 8. The van der Waals surface area contributed by atoms with Crippen LogP contribution in [-0.4, -0.2) is 19.8 Å². The molecule has 86 valence electrons. The minimum atomic E-state index is -0.662. The molecule has 0 aliphatic rings. The Morgan fingerprint density at radius 3 is 2.21 bits per heavy atom. The molecule has 2 atom stereocenters. The first-order valence-corrected chi connectivity index (χ1v) is 7.99. The zero-order valence-corrected chi connectivity index (χ0v) is 11.6. The van der Waals surface area contributed by atoms with E-state index in [2.05, 4.69) is 20.8 Å². The quantitative estimate of drug-likeness (QED) is 0.637. The molecular formula is C11H24OS2. The Morgan fingerprint density at radius 1 is 1.21 bits per heavy atom. The summed E-state index contributed by atoms with van der Waals surface area (Å²) in [4.78, 5) is 0. The number of hydrogen-bond donors (Lipinski definition) is 0. The lowest BCUT2D eigenvalue weighted by molar-refractivity contribution is 0.601. The zero-order valence-electron chi connectivity index (χ0n) is 9.97. The maximum atomic E-state index is 12.1. The first-order valence-electron chi connectivity index (χ1n) is 5.69. The predicted octanol–water partition coefficient (Wildman–Crippen LogP) is 3.80. The highest BCUT2D eigenvalue weighted by atomic mass is 32.2. The van der Waals surface area contributed by atoms with Crippen LogP contribution in [0.15, 0.2) is 0 Å². The summed E-state index contributed by atoms with van der Waals surface area (Å²) in [6.45, 7) is 8.56. The largest absolute Gasteiger partial charge is 0.258 e. The Labute approximate surface area is 95.9 Å². The van der Waals surface area contributed by atoms with Gasteiger partial charge >= 0.3 is 0 Å². The van der Waals surface area contributed by atoms with Crippen molar-refractivity contribution in [3.8, 4) is 0 Å². The van der Waals surface area contributed by atoms with Gasteiger partial charge < -0.3 is 0 Å². The second-order valence-corrected chi connectivity index (χ2v) is 7.39. The van der Waals surface area contributed by atoms with E-state index in [9.17, 15) is 4.21 Å². The molecule has 0 bridgehead atoms. The Bertz CT molecular complexity index is 171. The smallest absolute Gasteiger partial charge is 0.0905 e. The Balaban J connectivity index is 4.50. The molecule has 0 aliphatic heterocycles. The standard InChI is InChI=1S/C11H24OS2/c1-5-9-10-11(6-2,13-7-3)14(12)8-4/h5-10H2,1-4H3. The molecule has 0 spiro atoms. The lowest BCUT2D eigenvalue weighted by atomic mass is 10.1.